The summed E-state index contributed by atoms with van der Waals surface area (Å²) in [7, 11) is -2.34. The number of Topliss-reactive ketones (excluding diaryl/α,β-unsaturated/α-hetero) is 2. The van der Waals surface area contributed by atoms with Gasteiger partial charge in [-0.25, -0.2) is 8.78 Å². The Morgan fingerprint density at radius 2 is 1.31 bits per heavy atom. The molecule has 0 spiro atoms. The molecule has 0 bridgehead atoms. The summed E-state index contributed by atoms with van der Waals surface area (Å²) in [6.45, 7) is 14.5. The zero-order chi connectivity index (χ0) is 102. The molecule has 142 heavy (non-hydrogen) atoms. The van der Waals surface area contributed by atoms with Crippen LogP contribution in [0.25, 0.3) is 11.4 Å². The number of anilines is 2. The number of hydrogen-bond acceptors (Lipinski definition) is 31. The van der Waals surface area contributed by atoms with Crippen LogP contribution < -0.4 is 69.1 Å². The quantitative estimate of drug-likeness (QED) is 0.0132. The number of alkyl halides is 2. The number of para-hydroxylation sites is 1. The summed E-state index contributed by atoms with van der Waals surface area (Å²) in [4.78, 5) is 138. The standard InChI is InChI=1S/C100H145F2N13O26S/c1-8-18-90-140-84-60-73-74-59-76(101)75-58-69(116)32-35-97(75,5)99(74,102)82(118)61-98(73,6)100(84,141-90)83(119)63-138-70-28-26-68(27-29-70)108-95(125)66(4)57-80(117)91(65(2)3)110-96(126)77(22-16-17-36-105-88(123)64-139-81-25-11-9-10-24-79-94(81)112-113-115(79)39-43-133-47-51-137-55-53-134-48-44-130-40-33-86(121)107-38-56-142(127,128)129)109-87(122)34-41-131-45-49-135-52-54-136-50-46-132-42-37-106-85(120)30-31-89(124)114-62-67-19-12-13-20-71(67)92(104-7)93(111-103)72-21-14-15-23-78(72)114/h12-15,19-21,23,26-29,32,35,58,65-66,73-74,76-77,81-82,84,90-91,104,111-113,118H,8-11,16-18,22,24-25,30-31,33-34,36-57,59-64,103H2,1-7H3,(H,105,123)(H,106,120)(H,107,121)(H,108,125)(H,109,122)(H,110,126)(H,127,128,129)/b93-92-/t66-,73+,74+,76+,77-,81?,82+,84-,90?,91+,97+,98+,99+,100-/m1/s1. The van der Waals surface area contributed by atoms with E-state index in [-0.39, 0.29) is 192 Å². The highest BCUT2D eigenvalue weighted by Gasteiger charge is 2.80. The van der Waals surface area contributed by atoms with Gasteiger partial charge in [0.05, 0.1) is 171 Å². The van der Waals surface area contributed by atoms with E-state index in [1.165, 1.54) is 19.1 Å². The van der Waals surface area contributed by atoms with E-state index >= 15 is 8.78 Å². The summed E-state index contributed by atoms with van der Waals surface area (Å²) in [6, 6.07) is 19.2. The molecule has 8 aliphatic rings. The lowest BCUT2D eigenvalue weighted by atomic mass is 9.44. The lowest BCUT2D eigenvalue weighted by Crippen LogP contribution is -2.71. The van der Waals surface area contributed by atoms with Gasteiger partial charge in [-0.1, -0.05) is 102 Å². The number of benzene rings is 3. The normalized spacial score (nSPS) is 24.5. The molecule has 2 unspecified atom stereocenters. The van der Waals surface area contributed by atoms with Crippen LogP contribution in [0.5, 0.6) is 5.75 Å². The van der Waals surface area contributed by atoms with Gasteiger partial charge in [-0.2, -0.15) is 8.42 Å². The Bertz CT molecular complexity index is 5000. The number of fused-ring (bicyclic) bond motifs is 9. The van der Waals surface area contributed by atoms with Gasteiger partial charge in [-0.3, -0.25) is 63.3 Å². The van der Waals surface area contributed by atoms with Gasteiger partial charge in [0, 0.05) is 98.3 Å². The van der Waals surface area contributed by atoms with E-state index in [1.807, 2.05) is 67.5 Å². The highest BCUT2D eigenvalue weighted by molar-refractivity contribution is 7.85. The number of unbranched alkanes of at least 4 members (excludes halogenated alkanes) is 1. The average molecular weight is 2020 g/mol. The molecule has 7 amide bonds. The Morgan fingerprint density at radius 3 is 1.97 bits per heavy atom. The summed E-state index contributed by atoms with van der Waals surface area (Å²) in [5, 5.41) is 34.0. The summed E-state index contributed by atoms with van der Waals surface area (Å²) in [6.07, 6.45) is 3.70. The Labute approximate surface area is 829 Å². The number of rotatable bonds is 61. The molecular weight excluding hydrogens is 1870 g/mol. The number of aliphatic hydroxyl groups is 1. The molecular formula is C100H145F2N13O26S. The molecule has 42 heteroatoms. The molecule has 0 aromatic heterocycles. The molecule has 1 saturated heterocycles. The first-order valence-electron chi connectivity index (χ1n) is 49.6. The molecule has 3 heterocycles. The van der Waals surface area contributed by atoms with Crippen LogP contribution in [0.3, 0.4) is 0 Å². The fourth-order valence-corrected chi connectivity index (χ4v) is 20.6. The second-order valence-electron chi connectivity index (χ2n) is 37.6. The van der Waals surface area contributed by atoms with Crippen molar-refractivity contribution in [2.75, 3.05) is 168 Å². The van der Waals surface area contributed by atoms with Crippen molar-refractivity contribution >= 4 is 91.6 Å². The van der Waals surface area contributed by atoms with Crippen LogP contribution in [0.2, 0.25) is 0 Å². The third kappa shape index (κ3) is 30.0. The van der Waals surface area contributed by atoms with Crippen molar-refractivity contribution in [3.8, 4) is 5.75 Å². The van der Waals surface area contributed by atoms with Crippen molar-refractivity contribution in [3.63, 3.8) is 0 Å². The summed E-state index contributed by atoms with van der Waals surface area (Å²) in [5.41, 5.74) is 9.15. The largest absolute Gasteiger partial charge is 0.486 e. The molecule has 39 nitrogen and oxygen atoms in total. The number of allylic oxidation sites excluding steroid dienone is 5. The molecule has 14 atom stereocenters. The van der Waals surface area contributed by atoms with Crippen molar-refractivity contribution in [1.82, 2.24) is 53.3 Å². The second-order valence-corrected chi connectivity index (χ2v) is 39.2. The van der Waals surface area contributed by atoms with Crippen LogP contribution in [-0.2, 0) is 117 Å². The third-order valence-corrected chi connectivity index (χ3v) is 28.3. The fraction of sp³-hybridized carbons (Fsp3) is 0.640. The van der Waals surface area contributed by atoms with Gasteiger partial charge < -0.3 is 115 Å². The molecule has 5 aliphatic carbocycles. The molecule has 4 fully saturated rings. The van der Waals surface area contributed by atoms with Crippen molar-refractivity contribution in [3.05, 3.63) is 125 Å². The number of halogens is 2. The van der Waals surface area contributed by atoms with Gasteiger partial charge in [-0.15, -0.1) is 5.53 Å². The molecule has 14 N–H and O–H groups in total. The van der Waals surface area contributed by atoms with Crippen LogP contribution >= 0.6 is 0 Å². The highest BCUT2D eigenvalue weighted by atomic mass is 32.2. The lowest BCUT2D eigenvalue weighted by Gasteiger charge is -2.63. The van der Waals surface area contributed by atoms with E-state index in [0.29, 0.717) is 88.8 Å². The van der Waals surface area contributed by atoms with E-state index < -0.39 is 152 Å². The Kier molecular flexibility index (Phi) is 43.5. The monoisotopic (exact) mass is 2010 g/mol. The van der Waals surface area contributed by atoms with E-state index in [1.54, 1.807) is 56.9 Å². The maximum absolute atomic E-state index is 18.1. The predicted molar refractivity (Wildman–Crippen MR) is 519 cm³/mol. The number of ketones is 3. The minimum Gasteiger partial charge on any atom is -0.486 e. The average Bonchev–Trinajstić information content (AvgIpc) is 1.52. The van der Waals surface area contributed by atoms with E-state index in [9.17, 15) is 61.5 Å². The van der Waals surface area contributed by atoms with Gasteiger partial charge in [-0.05, 0) is 137 Å². The molecule has 11 rings (SSSR count). The van der Waals surface area contributed by atoms with Crippen molar-refractivity contribution in [2.45, 2.75) is 218 Å². The van der Waals surface area contributed by atoms with Crippen molar-refractivity contribution in [1.29, 1.82) is 0 Å². The number of nitrogens with zero attached hydrogens (tertiary/aromatic N) is 2. The highest BCUT2D eigenvalue weighted by Crippen LogP contribution is 2.72. The number of hydrazine groups is 3. The minimum absolute atomic E-state index is 0.0105. The molecule has 0 radical (unpaired) electrons. The fourth-order valence-electron chi connectivity index (χ4n) is 20.3. The zero-order valence-corrected chi connectivity index (χ0v) is 83.4. The topological polar surface area (TPSA) is 509 Å². The van der Waals surface area contributed by atoms with Crippen LogP contribution in [0.4, 0.5) is 20.2 Å². The first-order valence-corrected chi connectivity index (χ1v) is 51.2. The lowest BCUT2D eigenvalue weighted by molar-refractivity contribution is -0.234. The van der Waals surface area contributed by atoms with Gasteiger partial charge in [0.25, 0.3) is 10.1 Å². The third-order valence-electron chi connectivity index (χ3n) is 27.6. The van der Waals surface area contributed by atoms with Crippen LogP contribution in [-0.4, -0.2) is 294 Å². The molecule has 786 valence electrons. The van der Waals surface area contributed by atoms with Gasteiger partial charge in [0.2, 0.25) is 47.1 Å². The van der Waals surface area contributed by atoms with Crippen molar-refractivity contribution in [2.24, 2.45) is 40.3 Å². The van der Waals surface area contributed by atoms with Crippen LogP contribution in [0.1, 0.15) is 174 Å². The van der Waals surface area contributed by atoms with Crippen molar-refractivity contribution < 1.29 is 132 Å². The molecule has 3 aromatic carbocycles. The summed E-state index contributed by atoms with van der Waals surface area (Å²) >= 11 is 0. The SMILES string of the molecule is CCCC1O[C@@H]2C[C@H]3[C@@H]4C[C@H](F)C5=CC(=O)C=C[C@]5(C)[C@@]4(F)[C@@H](O)C[C@]3(C)[C@]2(C(=O)COc2ccc(NC(=O)[C@H](C)CC(=O)[C@@H](NC(=O)[C@@H](CCCCNC(=O)COC3CCCCCC4=C3NNN4CCOCCOCCOCCOCCC(=O)NCCS(=O)(=O)O)NC(=O)CCOCCOCCOCCOCCNC(=O)CCC(=O)N3Cc4ccccc4/C(NC)=C(/NN)c4ccccc43)C(C)C)cc2)O1. The smallest absolute Gasteiger partial charge is 0.266 e. The first-order chi connectivity index (χ1) is 68.3. The number of carbonyl (C=O) groups excluding carboxylic acids is 10. The predicted octanol–water partition coefficient (Wildman–Crippen LogP) is 6.04. The number of aliphatic hydroxyl groups excluding tert-OH is 1. The van der Waals surface area contributed by atoms with E-state index in [4.69, 9.17) is 67.2 Å². The van der Waals surface area contributed by atoms with Crippen LogP contribution in [0.15, 0.2) is 108 Å². The van der Waals surface area contributed by atoms with Gasteiger partial charge in [0.15, 0.2) is 29.1 Å². The number of carbonyl (C=O) groups is 10. The Balaban J connectivity index is 0.602. The van der Waals surface area contributed by atoms with Gasteiger partial charge >= 0.3 is 0 Å². The van der Waals surface area contributed by atoms with E-state index in [0.717, 1.165) is 65.5 Å². The number of nitrogens with two attached hydrogens (primary N) is 1. The summed E-state index contributed by atoms with van der Waals surface area (Å²) in [5.74, 6) is -1.72. The number of hydrogen-bond donors (Lipinski definition) is 13. The molecule has 3 saturated carbocycles. The Morgan fingerprint density at radius 1 is 0.683 bits per heavy atom. The minimum atomic E-state index is -4.16. The first kappa shape index (κ1) is 112. The number of nitrogens with one attached hydrogen (secondary N) is 10. The van der Waals surface area contributed by atoms with E-state index in [2.05, 4.69) is 53.6 Å². The van der Waals surface area contributed by atoms with Gasteiger partial charge in [0.1, 0.15) is 37.3 Å². The maximum atomic E-state index is 18.1. The second kappa shape index (κ2) is 54.9. The molecule has 3 aliphatic heterocycles. The maximum Gasteiger partial charge on any atom is 0.266 e. The molecule has 3 aromatic rings. The number of ether oxygens (including phenoxy) is 12. The zero-order valence-electron chi connectivity index (χ0n) is 82.5. The van der Waals surface area contributed by atoms with Crippen LogP contribution in [0, 0.1) is 34.5 Å². The Hall–Kier alpha value is -9.87. The number of amides is 7. The summed E-state index contributed by atoms with van der Waals surface area (Å²) < 4.78 is 136.